The Kier molecular flexibility index (Phi) is 9.44. The number of hydrogen-bond acceptors (Lipinski definition) is 7. The molecule has 0 aliphatic carbocycles. The van der Waals surface area contributed by atoms with Crippen LogP contribution in [0, 0.1) is 0 Å². The van der Waals surface area contributed by atoms with E-state index in [2.05, 4.69) is 50.8 Å². The number of allylic oxidation sites excluding steroid dienone is 1. The molecule has 0 atom stereocenters. The van der Waals surface area contributed by atoms with E-state index in [-0.39, 0.29) is 24.3 Å². The lowest BCUT2D eigenvalue weighted by Gasteiger charge is -2.32. The number of ether oxygens (including phenoxy) is 3. The van der Waals surface area contributed by atoms with Crippen molar-refractivity contribution in [2.45, 2.75) is 91.2 Å². The fraction of sp³-hybridized carbons (Fsp3) is 0.679. The van der Waals surface area contributed by atoms with E-state index in [0.717, 1.165) is 42.5 Å². The van der Waals surface area contributed by atoms with Crippen LogP contribution < -0.4 is 0 Å². The average Bonchev–Trinajstić information content (AvgIpc) is 2.98. The number of rotatable bonds is 9. The van der Waals surface area contributed by atoms with E-state index in [1.807, 2.05) is 26.8 Å². The van der Waals surface area contributed by atoms with Crippen LogP contribution >= 0.6 is 0 Å². The number of carbonyl (C=O) groups excluding carboxylic acids is 1. The summed E-state index contributed by atoms with van der Waals surface area (Å²) in [5, 5.41) is 0. The third-order valence-corrected chi connectivity index (χ3v) is 6.99. The molecule has 2 fully saturated rings. The third-order valence-electron chi connectivity index (χ3n) is 6.99. The molecule has 0 amide bonds. The minimum absolute atomic E-state index is 0.230. The van der Waals surface area contributed by atoms with Crippen LogP contribution in [0.3, 0.4) is 0 Å². The highest BCUT2D eigenvalue weighted by atomic mass is 16.7. The van der Waals surface area contributed by atoms with Crippen LogP contribution in [-0.4, -0.2) is 68.2 Å². The summed E-state index contributed by atoms with van der Waals surface area (Å²) in [6.45, 7) is 18.0. The number of nitrogens with zero attached hydrogens (tertiary/aromatic N) is 1. The van der Waals surface area contributed by atoms with Crippen molar-refractivity contribution in [3.8, 4) is 0 Å². The summed E-state index contributed by atoms with van der Waals surface area (Å²) in [7, 11) is 1.42. The molecular weight excluding hydrogens is 457 g/mol. The normalized spacial score (nSPS) is 20.3. The van der Waals surface area contributed by atoms with Crippen molar-refractivity contribution in [1.82, 2.24) is 4.90 Å². The number of morpholine rings is 1. The highest BCUT2D eigenvalue weighted by molar-refractivity contribution is 6.45. The molecule has 2 aliphatic rings. The van der Waals surface area contributed by atoms with Crippen LogP contribution in [0.25, 0.3) is 6.08 Å². The fourth-order valence-electron chi connectivity index (χ4n) is 4.41. The standard InChI is InChI=1S/C28H44BNO6/c1-26(2,3)34-25(31)24-22(19-30-15-17-33-18-16-30)13-12-21(23(24)20-32-8)11-9-10-14-29-35-27(4,5)28(6,7)36-29/h9,11-13H,10,14-20H2,1-8H3. The van der Waals surface area contributed by atoms with Gasteiger partial charge in [-0.1, -0.05) is 24.3 Å². The maximum Gasteiger partial charge on any atom is 0.458 e. The fourth-order valence-corrected chi connectivity index (χ4v) is 4.41. The van der Waals surface area contributed by atoms with Gasteiger partial charge in [0.05, 0.1) is 36.6 Å². The number of benzene rings is 1. The molecule has 1 aromatic rings. The van der Waals surface area contributed by atoms with E-state index < -0.39 is 5.60 Å². The summed E-state index contributed by atoms with van der Waals surface area (Å²) in [6.07, 6.45) is 5.73. The second kappa shape index (κ2) is 11.8. The Balaban J connectivity index is 1.83. The van der Waals surface area contributed by atoms with Gasteiger partial charge in [-0.3, -0.25) is 4.90 Å². The Morgan fingerprint density at radius 3 is 2.33 bits per heavy atom. The van der Waals surface area contributed by atoms with Crippen molar-refractivity contribution in [2.24, 2.45) is 0 Å². The predicted molar refractivity (Wildman–Crippen MR) is 143 cm³/mol. The lowest BCUT2D eigenvalue weighted by Crippen LogP contribution is -2.41. The van der Waals surface area contributed by atoms with Gasteiger partial charge in [0.2, 0.25) is 0 Å². The SMILES string of the molecule is COCc1c(C=CCCB2OC(C)(C)C(C)(C)O2)ccc(CN2CCOCC2)c1C(=O)OC(C)(C)C. The van der Waals surface area contributed by atoms with Crippen molar-refractivity contribution in [3.63, 3.8) is 0 Å². The van der Waals surface area contributed by atoms with Crippen molar-refractivity contribution in [2.75, 3.05) is 33.4 Å². The number of carbonyl (C=O) groups is 1. The first kappa shape index (κ1) is 28.9. The highest BCUT2D eigenvalue weighted by Crippen LogP contribution is 2.38. The molecule has 0 saturated carbocycles. The van der Waals surface area contributed by atoms with Gasteiger partial charge in [0.15, 0.2) is 0 Å². The van der Waals surface area contributed by atoms with Gasteiger partial charge in [-0.25, -0.2) is 4.79 Å². The minimum atomic E-state index is -0.591. The third kappa shape index (κ3) is 7.42. The van der Waals surface area contributed by atoms with E-state index in [0.29, 0.717) is 31.9 Å². The van der Waals surface area contributed by atoms with Crippen LogP contribution in [0.1, 0.15) is 81.9 Å². The zero-order chi connectivity index (χ0) is 26.6. The van der Waals surface area contributed by atoms with Gasteiger partial charge in [-0.05, 0) is 77.9 Å². The van der Waals surface area contributed by atoms with E-state index in [1.54, 1.807) is 7.11 Å². The van der Waals surface area contributed by atoms with Gasteiger partial charge < -0.3 is 23.5 Å². The second-order valence-corrected chi connectivity index (χ2v) is 11.7. The van der Waals surface area contributed by atoms with Crippen molar-refractivity contribution >= 4 is 19.2 Å². The Morgan fingerprint density at radius 2 is 1.75 bits per heavy atom. The van der Waals surface area contributed by atoms with E-state index in [9.17, 15) is 4.79 Å². The molecule has 2 heterocycles. The van der Waals surface area contributed by atoms with Gasteiger partial charge in [-0.2, -0.15) is 0 Å². The molecule has 0 spiro atoms. The zero-order valence-corrected chi connectivity index (χ0v) is 23.4. The molecule has 0 bridgehead atoms. The lowest BCUT2D eigenvalue weighted by molar-refractivity contribution is 0.00578. The molecule has 3 rings (SSSR count). The first-order valence-electron chi connectivity index (χ1n) is 13.0. The van der Waals surface area contributed by atoms with Gasteiger partial charge in [0, 0.05) is 26.7 Å². The van der Waals surface area contributed by atoms with Crippen molar-refractivity contribution in [1.29, 1.82) is 0 Å². The number of esters is 1. The monoisotopic (exact) mass is 501 g/mol. The van der Waals surface area contributed by atoms with Crippen molar-refractivity contribution in [3.05, 3.63) is 40.5 Å². The Bertz CT molecular complexity index is 915. The summed E-state index contributed by atoms with van der Waals surface area (Å²) in [4.78, 5) is 15.7. The van der Waals surface area contributed by atoms with Crippen LogP contribution in [0.15, 0.2) is 18.2 Å². The molecule has 0 aromatic heterocycles. The Hall–Kier alpha value is -1.71. The lowest BCUT2D eigenvalue weighted by atomic mass is 9.83. The van der Waals surface area contributed by atoms with Gasteiger partial charge in [0.25, 0.3) is 0 Å². The smallest absolute Gasteiger partial charge is 0.456 e. The Labute approximate surface area is 217 Å². The molecule has 0 radical (unpaired) electrons. The topological polar surface area (TPSA) is 66.5 Å². The molecule has 0 N–H and O–H groups in total. The molecular formula is C28H44BNO6. The predicted octanol–water partition coefficient (Wildman–Crippen LogP) is 5.12. The maximum atomic E-state index is 13.4. The number of methoxy groups -OCH3 is 1. The summed E-state index contributed by atoms with van der Waals surface area (Å²) in [5.74, 6) is -0.315. The maximum absolute atomic E-state index is 13.4. The highest BCUT2D eigenvalue weighted by Gasteiger charge is 2.50. The van der Waals surface area contributed by atoms with E-state index in [4.69, 9.17) is 23.5 Å². The summed E-state index contributed by atoms with van der Waals surface area (Å²) in [6, 6.07) is 4.12. The van der Waals surface area contributed by atoms with Crippen LogP contribution in [-0.2, 0) is 36.7 Å². The zero-order valence-electron chi connectivity index (χ0n) is 23.4. The molecule has 8 heteroatoms. The summed E-state index contributed by atoms with van der Waals surface area (Å²) < 4.78 is 29.1. The first-order valence-corrected chi connectivity index (χ1v) is 13.0. The molecule has 200 valence electrons. The molecule has 1 aromatic carbocycles. The van der Waals surface area contributed by atoms with E-state index in [1.165, 1.54) is 0 Å². The molecule has 2 aliphatic heterocycles. The number of hydrogen-bond donors (Lipinski definition) is 0. The van der Waals surface area contributed by atoms with Crippen LogP contribution in [0.2, 0.25) is 6.32 Å². The van der Waals surface area contributed by atoms with Crippen LogP contribution in [0.4, 0.5) is 0 Å². The first-order chi connectivity index (χ1) is 16.8. The van der Waals surface area contributed by atoms with Crippen LogP contribution in [0.5, 0.6) is 0 Å². The van der Waals surface area contributed by atoms with Gasteiger partial charge in [0.1, 0.15) is 5.60 Å². The van der Waals surface area contributed by atoms with E-state index >= 15 is 0 Å². The largest absolute Gasteiger partial charge is 0.458 e. The molecule has 7 nitrogen and oxygen atoms in total. The molecule has 2 saturated heterocycles. The quantitative estimate of drug-likeness (QED) is 0.344. The second-order valence-electron chi connectivity index (χ2n) is 11.7. The summed E-state index contributed by atoms with van der Waals surface area (Å²) >= 11 is 0. The van der Waals surface area contributed by atoms with Gasteiger partial charge in [-0.15, -0.1) is 0 Å². The van der Waals surface area contributed by atoms with Crippen molar-refractivity contribution < 1.29 is 28.3 Å². The Morgan fingerprint density at radius 1 is 1.11 bits per heavy atom. The summed E-state index contributed by atoms with van der Waals surface area (Å²) in [5.41, 5.74) is 2.12. The molecule has 36 heavy (non-hydrogen) atoms. The molecule has 0 unspecified atom stereocenters. The van der Waals surface area contributed by atoms with Gasteiger partial charge >= 0.3 is 13.1 Å². The average molecular weight is 501 g/mol. The minimum Gasteiger partial charge on any atom is -0.456 e.